The molecule has 0 bridgehead atoms. The highest BCUT2D eigenvalue weighted by molar-refractivity contribution is 6.07. The van der Waals surface area contributed by atoms with Crippen molar-refractivity contribution in [3.8, 4) is 5.75 Å². The van der Waals surface area contributed by atoms with Crippen LogP contribution in [-0.2, 0) is 6.42 Å². The van der Waals surface area contributed by atoms with E-state index in [4.69, 9.17) is 4.74 Å². The number of carbonyl (C=O) groups excluding carboxylic acids is 1. The van der Waals surface area contributed by atoms with E-state index in [0.29, 0.717) is 11.3 Å². The Balaban J connectivity index is 1.49. The molecule has 0 saturated carbocycles. The summed E-state index contributed by atoms with van der Waals surface area (Å²) >= 11 is 0. The summed E-state index contributed by atoms with van der Waals surface area (Å²) in [5.41, 5.74) is 3.09. The van der Waals surface area contributed by atoms with Gasteiger partial charge in [0.1, 0.15) is 5.75 Å². The molecule has 0 radical (unpaired) electrons. The van der Waals surface area contributed by atoms with Crippen LogP contribution in [0, 0.1) is 0 Å². The Morgan fingerprint density at radius 3 is 1.80 bits per heavy atom. The van der Waals surface area contributed by atoms with E-state index in [-0.39, 0.29) is 5.78 Å². The number of unbranched alkanes of at least 4 members (excludes halogenated alkanes) is 14. The molecule has 0 aliphatic heterocycles. The second-order valence-electron chi connectivity index (χ2n) is 9.87. The van der Waals surface area contributed by atoms with E-state index in [2.05, 4.69) is 31.2 Å². The third-order valence-electron chi connectivity index (χ3n) is 6.83. The zero-order valence-corrected chi connectivity index (χ0v) is 22.4. The predicted octanol–water partition coefficient (Wildman–Crippen LogP) is 10.0. The Hall–Kier alpha value is -2.35. The Morgan fingerprint density at radius 1 is 0.714 bits per heavy atom. The number of benzene rings is 2. The lowest BCUT2D eigenvalue weighted by Crippen LogP contribution is -1.95. The van der Waals surface area contributed by atoms with Crippen LogP contribution < -0.4 is 4.74 Å². The minimum Gasteiger partial charge on any atom is -0.497 e. The number of ketones is 1. The van der Waals surface area contributed by atoms with Gasteiger partial charge in [0.15, 0.2) is 5.78 Å². The van der Waals surface area contributed by atoms with Gasteiger partial charge in [0.2, 0.25) is 0 Å². The molecule has 0 N–H and O–H groups in total. The van der Waals surface area contributed by atoms with Crippen LogP contribution in [0.3, 0.4) is 0 Å². The van der Waals surface area contributed by atoms with Gasteiger partial charge in [-0.3, -0.25) is 4.79 Å². The van der Waals surface area contributed by atoms with Crippen molar-refractivity contribution in [1.82, 2.24) is 0 Å². The van der Waals surface area contributed by atoms with E-state index in [0.717, 1.165) is 12.0 Å². The Morgan fingerprint density at radius 2 is 1.26 bits per heavy atom. The molecular weight excluding hydrogens is 428 g/mol. The lowest BCUT2D eigenvalue weighted by atomic mass is 10.0. The number of hydrogen-bond donors (Lipinski definition) is 0. The first-order chi connectivity index (χ1) is 17.2. The molecule has 0 aliphatic rings. The molecule has 0 aromatic heterocycles. The van der Waals surface area contributed by atoms with Gasteiger partial charge in [0.25, 0.3) is 0 Å². The highest BCUT2D eigenvalue weighted by Gasteiger charge is 2.03. The van der Waals surface area contributed by atoms with Crippen molar-refractivity contribution >= 4 is 11.9 Å². The molecule has 2 aromatic rings. The van der Waals surface area contributed by atoms with Crippen LogP contribution >= 0.6 is 0 Å². The molecule has 0 heterocycles. The van der Waals surface area contributed by atoms with Gasteiger partial charge in [0, 0.05) is 5.56 Å². The second kappa shape index (κ2) is 18.9. The van der Waals surface area contributed by atoms with E-state index >= 15 is 0 Å². The summed E-state index contributed by atoms with van der Waals surface area (Å²) in [5, 5.41) is 0. The average Bonchev–Trinajstić information content (AvgIpc) is 2.90. The molecule has 0 aliphatic carbocycles. The highest BCUT2D eigenvalue weighted by Crippen LogP contribution is 2.16. The van der Waals surface area contributed by atoms with E-state index in [1.54, 1.807) is 19.3 Å². The summed E-state index contributed by atoms with van der Waals surface area (Å²) in [4.78, 5) is 12.4. The van der Waals surface area contributed by atoms with Gasteiger partial charge in [-0.1, -0.05) is 139 Å². The number of allylic oxidation sites excluding steroid dienone is 1. The van der Waals surface area contributed by atoms with Crippen LogP contribution in [0.5, 0.6) is 5.75 Å². The van der Waals surface area contributed by atoms with Crippen molar-refractivity contribution in [3.63, 3.8) is 0 Å². The first-order valence-electron chi connectivity index (χ1n) is 14.2. The van der Waals surface area contributed by atoms with Crippen molar-refractivity contribution in [3.05, 3.63) is 71.3 Å². The van der Waals surface area contributed by atoms with Gasteiger partial charge in [-0.25, -0.2) is 0 Å². The first-order valence-corrected chi connectivity index (χ1v) is 14.2. The Bertz CT molecular complexity index is 834. The smallest absolute Gasteiger partial charge is 0.185 e. The van der Waals surface area contributed by atoms with Gasteiger partial charge in [0.05, 0.1) is 7.11 Å². The molecular formula is C33H48O2. The number of carbonyl (C=O) groups is 1. The SMILES string of the molecule is CCCCCCCCCCCCCCCCCc1ccc(C=CC(=O)c2cccc(OC)c2)cc1. The quantitative estimate of drug-likeness (QED) is 0.108. The maximum atomic E-state index is 12.4. The van der Waals surface area contributed by atoms with Crippen molar-refractivity contribution in [1.29, 1.82) is 0 Å². The standard InChI is InChI=1S/C33H48O2/c1-3-4-5-6-7-8-9-10-11-12-13-14-15-16-17-19-29-22-24-30(25-23-29)26-27-33(34)31-20-18-21-32(28-31)35-2/h18,20-28H,3-17,19H2,1-2H3. The predicted molar refractivity (Wildman–Crippen MR) is 151 cm³/mol. The minimum absolute atomic E-state index is 0.00854. The average molecular weight is 477 g/mol. The monoisotopic (exact) mass is 476 g/mol. The number of ether oxygens (including phenoxy) is 1. The van der Waals surface area contributed by atoms with Crippen molar-refractivity contribution in [2.24, 2.45) is 0 Å². The lowest BCUT2D eigenvalue weighted by molar-refractivity contribution is 0.104. The van der Waals surface area contributed by atoms with Gasteiger partial charge in [-0.2, -0.15) is 0 Å². The van der Waals surface area contributed by atoms with Gasteiger partial charge in [-0.15, -0.1) is 0 Å². The Kier molecular flexibility index (Phi) is 15.6. The fourth-order valence-corrected chi connectivity index (χ4v) is 4.54. The molecule has 0 saturated heterocycles. The highest BCUT2D eigenvalue weighted by atomic mass is 16.5. The van der Waals surface area contributed by atoms with Crippen molar-refractivity contribution < 1.29 is 9.53 Å². The summed E-state index contributed by atoms with van der Waals surface area (Å²) in [6.45, 7) is 2.29. The molecule has 2 aromatic carbocycles. The topological polar surface area (TPSA) is 26.3 Å². The van der Waals surface area contributed by atoms with Gasteiger partial charge in [-0.05, 0) is 42.2 Å². The van der Waals surface area contributed by atoms with Crippen LogP contribution in [0.25, 0.3) is 6.08 Å². The number of methoxy groups -OCH3 is 1. The largest absolute Gasteiger partial charge is 0.497 e. The lowest BCUT2D eigenvalue weighted by Gasteiger charge is -2.04. The van der Waals surface area contributed by atoms with Crippen LogP contribution in [0.2, 0.25) is 0 Å². The van der Waals surface area contributed by atoms with E-state index < -0.39 is 0 Å². The molecule has 0 atom stereocenters. The molecule has 35 heavy (non-hydrogen) atoms. The fraction of sp³-hybridized carbons (Fsp3) is 0.545. The van der Waals surface area contributed by atoms with Crippen LogP contribution in [0.1, 0.15) is 125 Å². The van der Waals surface area contributed by atoms with Crippen LogP contribution in [0.15, 0.2) is 54.6 Å². The summed E-state index contributed by atoms with van der Waals surface area (Å²) in [6, 6.07) is 15.9. The number of aryl methyl sites for hydroxylation is 1. The molecule has 0 amide bonds. The van der Waals surface area contributed by atoms with Crippen molar-refractivity contribution in [2.75, 3.05) is 7.11 Å². The van der Waals surface area contributed by atoms with Crippen LogP contribution in [0.4, 0.5) is 0 Å². The third kappa shape index (κ3) is 13.4. The van der Waals surface area contributed by atoms with Crippen molar-refractivity contribution in [2.45, 2.75) is 110 Å². The molecule has 2 rings (SSSR count). The first kappa shape index (κ1) is 28.9. The minimum atomic E-state index is -0.00854. The van der Waals surface area contributed by atoms with Gasteiger partial charge < -0.3 is 4.74 Å². The molecule has 0 unspecified atom stereocenters. The van der Waals surface area contributed by atoms with Crippen LogP contribution in [-0.4, -0.2) is 12.9 Å². The molecule has 0 fully saturated rings. The van der Waals surface area contributed by atoms with E-state index in [9.17, 15) is 4.79 Å². The zero-order chi connectivity index (χ0) is 25.0. The summed E-state index contributed by atoms with van der Waals surface area (Å²) in [5.74, 6) is 0.693. The maximum Gasteiger partial charge on any atom is 0.185 e. The molecule has 192 valence electrons. The number of rotatable bonds is 20. The maximum absolute atomic E-state index is 12.4. The van der Waals surface area contributed by atoms with Gasteiger partial charge >= 0.3 is 0 Å². The Labute approximate surface area is 215 Å². The summed E-state index contributed by atoms with van der Waals surface area (Å²) in [6.07, 6.45) is 25.7. The normalized spacial score (nSPS) is 11.3. The zero-order valence-electron chi connectivity index (χ0n) is 22.4. The van der Waals surface area contributed by atoms with E-state index in [1.165, 1.54) is 102 Å². The fourth-order valence-electron chi connectivity index (χ4n) is 4.54. The second-order valence-corrected chi connectivity index (χ2v) is 9.87. The summed E-state index contributed by atoms with van der Waals surface area (Å²) < 4.78 is 5.20. The van der Waals surface area contributed by atoms with E-state index in [1.807, 2.05) is 24.3 Å². The third-order valence-corrected chi connectivity index (χ3v) is 6.83. The molecule has 2 nitrogen and oxygen atoms in total. The molecule has 0 spiro atoms. The number of hydrogen-bond acceptors (Lipinski definition) is 2. The summed E-state index contributed by atoms with van der Waals surface area (Å²) in [7, 11) is 1.61. The molecule has 2 heteroatoms.